The number of aliphatic hydroxyl groups is 1. The van der Waals surface area contributed by atoms with E-state index in [1.807, 2.05) is 33.7 Å². The Morgan fingerprint density at radius 3 is 1.96 bits per heavy atom. The first-order valence-electron chi connectivity index (χ1n) is 7.44. The second-order valence-electron chi connectivity index (χ2n) is 5.58. The second kappa shape index (κ2) is 10.1. The first-order valence-corrected chi connectivity index (χ1v) is 9.33. The topological polar surface area (TPSA) is 102 Å². The molecule has 2 heterocycles. The number of thiophene rings is 2. The fourth-order valence-electron chi connectivity index (χ4n) is 2.03. The first kappa shape index (κ1) is 21.0. The van der Waals surface area contributed by atoms with E-state index < -0.39 is 17.5 Å². The molecular weight excluding hydrogens is 362 g/mol. The van der Waals surface area contributed by atoms with Gasteiger partial charge in [-0.1, -0.05) is 0 Å². The highest BCUT2D eigenvalue weighted by Gasteiger charge is 2.33. The highest BCUT2D eigenvalue weighted by Crippen LogP contribution is 2.34. The maximum absolute atomic E-state index is 11.0. The number of quaternary nitrogens is 1. The van der Waals surface area contributed by atoms with Crippen LogP contribution in [0.4, 0.5) is 0 Å². The molecule has 0 radical (unpaired) electrons. The molecule has 25 heavy (non-hydrogen) atoms. The summed E-state index contributed by atoms with van der Waals surface area (Å²) < 4.78 is 0. The summed E-state index contributed by atoms with van der Waals surface area (Å²) >= 11 is 3.27. The summed E-state index contributed by atoms with van der Waals surface area (Å²) in [6.45, 7) is 0.947. The predicted molar refractivity (Wildman–Crippen MR) is 95.7 cm³/mol. The van der Waals surface area contributed by atoms with E-state index in [1.54, 1.807) is 22.7 Å². The molecule has 0 spiro atoms. The molecule has 0 aromatic carbocycles. The summed E-state index contributed by atoms with van der Waals surface area (Å²) in [5.41, 5.74) is 1.21. The third-order valence-corrected chi connectivity index (χ3v) is 4.71. The molecule has 0 unspecified atom stereocenters. The van der Waals surface area contributed by atoms with Crippen LogP contribution in [0.3, 0.4) is 0 Å². The van der Waals surface area contributed by atoms with Crippen LogP contribution in [0.25, 0.3) is 0 Å². The standard InChI is InChI=1S/C13H17NOS2.C4H4O4/c1-14(2)6-5-13(15,11-3-7-16-9-11)12-4-8-17-10-12;5-3(6)1-2-4(7)8/h3-4,7-10,15H,5-6H2,1-2H3;1-2H,(H,5,6)(H,7,8)/b;2-1+. The van der Waals surface area contributed by atoms with Crippen molar-refractivity contribution in [1.82, 2.24) is 0 Å². The SMILES string of the molecule is C[NH+](C)CCC(O)(c1ccsc1)c1ccsc1.O=C([O-])/C=C/C(=O)O. The van der Waals surface area contributed by atoms with Gasteiger partial charge in [0.1, 0.15) is 5.60 Å². The summed E-state index contributed by atoms with van der Waals surface area (Å²) in [6.07, 6.45) is 1.69. The van der Waals surface area contributed by atoms with E-state index in [0.717, 1.165) is 24.1 Å². The Labute approximate surface area is 154 Å². The van der Waals surface area contributed by atoms with Crippen molar-refractivity contribution in [3.63, 3.8) is 0 Å². The van der Waals surface area contributed by atoms with Crippen molar-refractivity contribution < 1.29 is 29.8 Å². The van der Waals surface area contributed by atoms with E-state index in [-0.39, 0.29) is 0 Å². The van der Waals surface area contributed by atoms with Gasteiger partial charge in [-0.25, -0.2) is 4.79 Å². The summed E-state index contributed by atoms with van der Waals surface area (Å²) in [7, 11) is 4.23. The number of hydrogen-bond acceptors (Lipinski definition) is 6. The highest BCUT2D eigenvalue weighted by atomic mass is 32.1. The number of rotatable bonds is 7. The maximum atomic E-state index is 11.0. The number of carbonyl (C=O) groups excluding carboxylic acids is 1. The Hall–Kier alpha value is -2.00. The number of carboxylic acid groups (broad SMARTS) is 2. The molecule has 6 nitrogen and oxygen atoms in total. The highest BCUT2D eigenvalue weighted by molar-refractivity contribution is 7.08. The molecule has 0 saturated carbocycles. The van der Waals surface area contributed by atoms with Crippen LogP contribution in [-0.4, -0.2) is 42.8 Å². The van der Waals surface area contributed by atoms with Gasteiger partial charge in [0.15, 0.2) is 0 Å². The normalized spacial score (nSPS) is 11.4. The van der Waals surface area contributed by atoms with Gasteiger partial charge in [0.05, 0.1) is 26.6 Å². The lowest BCUT2D eigenvalue weighted by atomic mass is 9.87. The molecule has 0 bridgehead atoms. The van der Waals surface area contributed by atoms with E-state index in [4.69, 9.17) is 5.11 Å². The lowest BCUT2D eigenvalue weighted by Crippen LogP contribution is -3.05. The average molecular weight is 383 g/mol. The lowest BCUT2D eigenvalue weighted by molar-refractivity contribution is -0.859. The summed E-state index contributed by atoms with van der Waals surface area (Å²) in [5, 5.41) is 36.3. The Morgan fingerprint density at radius 1 is 1.16 bits per heavy atom. The van der Waals surface area contributed by atoms with Gasteiger partial charge in [-0.05, 0) is 50.9 Å². The van der Waals surface area contributed by atoms with Crippen LogP contribution in [0.15, 0.2) is 45.8 Å². The average Bonchev–Trinajstić information content (AvgIpc) is 3.24. The van der Waals surface area contributed by atoms with Crippen molar-refractivity contribution in [3.05, 3.63) is 56.9 Å². The summed E-state index contributed by atoms with van der Waals surface area (Å²) in [5.74, 6) is -2.80. The van der Waals surface area contributed by atoms with Crippen LogP contribution in [0.5, 0.6) is 0 Å². The predicted octanol–water partition coefficient (Wildman–Crippen LogP) is -0.0428. The van der Waals surface area contributed by atoms with E-state index in [0.29, 0.717) is 12.2 Å². The van der Waals surface area contributed by atoms with Crippen molar-refractivity contribution in [2.75, 3.05) is 20.6 Å². The van der Waals surface area contributed by atoms with Gasteiger partial charge in [-0.3, -0.25) is 0 Å². The molecule has 0 aliphatic heterocycles. The zero-order valence-electron chi connectivity index (χ0n) is 14.0. The van der Waals surface area contributed by atoms with Crippen molar-refractivity contribution in [2.45, 2.75) is 12.0 Å². The number of nitrogens with one attached hydrogen (secondary N) is 1. The molecule has 0 amide bonds. The monoisotopic (exact) mass is 383 g/mol. The van der Waals surface area contributed by atoms with Crippen LogP contribution in [0.1, 0.15) is 17.5 Å². The van der Waals surface area contributed by atoms with Crippen LogP contribution in [0.2, 0.25) is 0 Å². The molecule has 0 saturated heterocycles. The third-order valence-electron chi connectivity index (χ3n) is 3.35. The minimum Gasteiger partial charge on any atom is -0.545 e. The summed E-state index contributed by atoms with van der Waals surface area (Å²) in [4.78, 5) is 20.3. The third kappa shape index (κ3) is 7.18. The molecular formula is C17H21NO5S2. The number of carboxylic acids is 2. The molecule has 0 atom stereocenters. The second-order valence-corrected chi connectivity index (χ2v) is 7.14. The molecule has 2 aromatic heterocycles. The molecule has 0 fully saturated rings. The van der Waals surface area contributed by atoms with Gasteiger partial charge < -0.3 is 25.0 Å². The Kier molecular flexibility index (Phi) is 8.50. The fourth-order valence-corrected chi connectivity index (χ4v) is 3.47. The molecule has 136 valence electrons. The fraction of sp³-hybridized carbons (Fsp3) is 0.294. The van der Waals surface area contributed by atoms with Crippen LogP contribution < -0.4 is 10.0 Å². The van der Waals surface area contributed by atoms with Gasteiger partial charge in [0.2, 0.25) is 0 Å². The van der Waals surface area contributed by atoms with Gasteiger partial charge in [0, 0.05) is 12.5 Å². The zero-order chi connectivity index (χ0) is 18.9. The number of aliphatic carboxylic acids is 2. The Morgan fingerprint density at radius 2 is 1.68 bits per heavy atom. The van der Waals surface area contributed by atoms with E-state index in [1.165, 1.54) is 4.90 Å². The molecule has 2 rings (SSSR count). The van der Waals surface area contributed by atoms with Gasteiger partial charge in [-0.2, -0.15) is 22.7 Å². The molecule has 2 aromatic rings. The minimum absolute atomic E-state index is 0.447. The summed E-state index contributed by atoms with van der Waals surface area (Å²) in [6, 6.07) is 4.04. The van der Waals surface area contributed by atoms with Gasteiger partial charge in [0.25, 0.3) is 0 Å². The molecule has 3 N–H and O–H groups in total. The van der Waals surface area contributed by atoms with Crippen LogP contribution >= 0.6 is 22.7 Å². The maximum Gasteiger partial charge on any atom is 0.328 e. The van der Waals surface area contributed by atoms with Crippen LogP contribution in [0, 0.1) is 0 Å². The number of hydrogen-bond donors (Lipinski definition) is 3. The molecule has 0 aliphatic carbocycles. The largest absolute Gasteiger partial charge is 0.545 e. The van der Waals surface area contributed by atoms with Gasteiger partial charge in [-0.15, -0.1) is 0 Å². The van der Waals surface area contributed by atoms with Crippen molar-refractivity contribution >= 4 is 34.6 Å². The zero-order valence-corrected chi connectivity index (χ0v) is 15.6. The molecule has 0 aliphatic rings. The minimum atomic E-state index is -1.51. The Bertz CT molecular complexity index is 628. The van der Waals surface area contributed by atoms with Gasteiger partial charge >= 0.3 is 5.97 Å². The van der Waals surface area contributed by atoms with E-state index >= 15 is 0 Å². The van der Waals surface area contributed by atoms with E-state index in [9.17, 15) is 19.8 Å². The number of carbonyl (C=O) groups is 2. The lowest BCUT2D eigenvalue weighted by Gasteiger charge is -2.27. The van der Waals surface area contributed by atoms with E-state index in [2.05, 4.69) is 14.1 Å². The Balaban J connectivity index is 0.000000333. The van der Waals surface area contributed by atoms with Crippen molar-refractivity contribution in [2.24, 2.45) is 0 Å². The quantitative estimate of drug-likeness (QED) is 0.582. The van der Waals surface area contributed by atoms with Crippen LogP contribution in [-0.2, 0) is 15.2 Å². The smallest absolute Gasteiger partial charge is 0.328 e. The van der Waals surface area contributed by atoms with Crippen molar-refractivity contribution in [1.29, 1.82) is 0 Å². The molecule has 8 heteroatoms. The van der Waals surface area contributed by atoms with Crippen molar-refractivity contribution in [3.8, 4) is 0 Å². The first-order chi connectivity index (χ1) is 11.8.